The lowest BCUT2D eigenvalue weighted by atomic mass is 10.7. The number of alkyl halides is 4. The number of rotatable bonds is 5. The number of halogens is 4. The van der Waals surface area contributed by atoms with Crippen LogP contribution in [0.2, 0.25) is 0 Å². The Bertz CT molecular complexity index is 526. The highest BCUT2D eigenvalue weighted by Gasteiger charge is 2.57. The second-order valence-corrected chi connectivity index (χ2v) is 5.00. The third-order valence-corrected chi connectivity index (χ3v) is 3.34. The van der Waals surface area contributed by atoms with Crippen molar-refractivity contribution in [1.82, 2.24) is 4.57 Å². The van der Waals surface area contributed by atoms with Crippen molar-refractivity contribution in [2.24, 2.45) is 7.05 Å². The number of imidazole rings is 1. The van der Waals surface area contributed by atoms with Gasteiger partial charge in [0.15, 0.2) is 0 Å². The fourth-order valence-electron chi connectivity index (χ4n) is 1.12. The molecule has 104 valence electrons. The highest BCUT2D eigenvalue weighted by molar-refractivity contribution is 7.88. The minimum atomic E-state index is -5.76. The smallest absolute Gasteiger partial charge is 0.304 e. The SMILES string of the molecule is CCn1cc[n+](C)c1OS(=O)(=O)C(F)(F)C(F)F. The van der Waals surface area contributed by atoms with E-state index in [9.17, 15) is 26.0 Å². The first-order valence-electron chi connectivity index (χ1n) is 4.78. The van der Waals surface area contributed by atoms with Gasteiger partial charge in [0, 0.05) is 0 Å². The monoisotopic (exact) mass is 291 g/mol. The van der Waals surface area contributed by atoms with Crippen LogP contribution in [0.5, 0.6) is 6.01 Å². The summed E-state index contributed by atoms with van der Waals surface area (Å²) in [6.07, 6.45) is -1.65. The van der Waals surface area contributed by atoms with Crippen LogP contribution in [0.1, 0.15) is 6.92 Å². The predicted octanol–water partition coefficient (Wildman–Crippen LogP) is 0.899. The molecule has 0 bridgehead atoms. The molecule has 1 heterocycles. The zero-order valence-electron chi connectivity index (χ0n) is 9.48. The first-order chi connectivity index (χ1) is 8.13. The number of aromatic nitrogens is 2. The normalized spacial score (nSPS) is 13.1. The van der Waals surface area contributed by atoms with Crippen LogP contribution in [-0.2, 0) is 23.7 Å². The number of hydrogen-bond donors (Lipinski definition) is 0. The second kappa shape index (κ2) is 4.75. The molecule has 0 aromatic carbocycles. The molecule has 0 saturated heterocycles. The number of hydrogen-bond acceptors (Lipinski definition) is 3. The van der Waals surface area contributed by atoms with Crippen LogP contribution in [-0.4, -0.2) is 24.7 Å². The van der Waals surface area contributed by atoms with Crippen molar-refractivity contribution >= 4 is 10.1 Å². The summed E-state index contributed by atoms with van der Waals surface area (Å²) in [5, 5.41) is -5.26. The van der Waals surface area contributed by atoms with Gasteiger partial charge in [0.1, 0.15) is 12.4 Å². The van der Waals surface area contributed by atoms with Crippen LogP contribution >= 0.6 is 0 Å². The maximum atomic E-state index is 12.8. The quantitative estimate of drug-likeness (QED) is 0.460. The summed E-state index contributed by atoms with van der Waals surface area (Å²) in [6, 6.07) is -0.474. The summed E-state index contributed by atoms with van der Waals surface area (Å²) in [5.41, 5.74) is 0. The molecule has 0 amide bonds. The minimum absolute atomic E-state index is 0.228. The fourth-order valence-corrected chi connectivity index (χ4v) is 1.86. The van der Waals surface area contributed by atoms with E-state index in [1.165, 1.54) is 24.0 Å². The van der Waals surface area contributed by atoms with Crippen molar-refractivity contribution in [3.8, 4) is 6.01 Å². The molecular weight excluding hydrogens is 280 g/mol. The van der Waals surface area contributed by atoms with Gasteiger partial charge in [-0.3, -0.25) is 0 Å². The van der Waals surface area contributed by atoms with Crippen LogP contribution in [0.25, 0.3) is 0 Å². The van der Waals surface area contributed by atoms with Crippen molar-refractivity contribution in [2.75, 3.05) is 0 Å². The fraction of sp³-hybridized carbons (Fsp3) is 0.625. The average molecular weight is 291 g/mol. The Labute approximate surface area is 101 Å². The van der Waals surface area contributed by atoms with Gasteiger partial charge in [0.25, 0.3) is 0 Å². The Morgan fingerprint density at radius 2 is 2.06 bits per heavy atom. The van der Waals surface area contributed by atoms with E-state index in [-0.39, 0.29) is 6.54 Å². The van der Waals surface area contributed by atoms with Gasteiger partial charge in [-0.05, 0) is 6.92 Å². The summed E-state index contributed by atoms with van der Waals surface area (Å²) in [5.74, 6) is 0. The maximum Gasteiger partial charge on any atom is 0.471 e. The third kappa shape index (κ3) is 2.42. The first kappa shape index (κ1) is 14.7. The van der Waals surface area contributed by atoms with Gasteiger partial charge in [-0.1, -0.05) is 0 Å². The van der Waals surface area contributed by atoms with Gasteiger partial charge in [0.2, 0.25) is 0 Å². The summed E-state index contributed by atoms with van der Waals surface area (Å²) < 4.78 is 78.2. The van der Waals surface area contributed by atoms with Gasteiger partial charge in [-0.15, -0.1) is 0 Å². The topological polar surface area (TPSA) is 52.2 Å². The molecule has 0 aliphatic heterocycles. The van der Waals surface area contributed by atoms with Crippen molar-refractivity contribution in [3.63, 3.8) is 0 Å². The Kier molecular flexibility index (Phi) is 3.89. The van der Waals surface area contributed by atoms with E-state index in [0.29, 0.717) is 0 Å². The molecule has 0 atom stereocenters. The predicted molar refractivity (Wildman–Crippen MR) is 51.8 cm³/mol. The molecular formula is C8H11F4N2O3S+. The van der Waals surface area contributed by atoms with E-state index in [0.717, 1.165) is 4.57 Å². The Morgan fingerprint density at radius 1 is 1.50 bits per heavy atom. The summed E-state index contributed by atoms with van der Waals surface area (Å²) in [4.78, 5) is 0. The lowest BCUT2D eigenvalue weighted by molar-refractivity contribution is -0.674. The minimum Gasteiger partial charge on any atom is -0.304 e. The molecule has 1 rings (SSSR count). The van der Waals surface area contributed by atoms with E-state index >= 15 is 0 Å². The molecule has 0 saturated carbocycles. The Morgan fingerprint density at radius 3 is 2.50 bits per heavy atom. The van der Waals surface area contributed by atoms with Crippen molar-refractivity contribution < 1.29 is 34.7 Å². The van der Waals surface area contributed by atoms with Crippen LogP contribution in [0.4, 0.5) is 17.6 Å². The van der Waals surface area contributed by atoms with E-state index < -0.39 is 27.8 Å². The molecule has 0 N–H and O–H groups in total. The van der Waals surface area contributed by atoms with Crippen molar-refractivity contribution in [2.45, 2.75) is 25.1 Å². The third-order valence-electron chi connectivity index (χ3n) is 2.13. The van der Waals surface area contributed by atoms with Crippen molar-refractivity contribution in [3.05, 3.63) is 12.4 Å². The van der Waals surface area contributed by atoms with E-state index in [1.54, 1.807) is 6.92 Å². The molecule has 10 heteroatoms. The maximum absolute atomic E-state index is 12.8. The number of nitrogens with zero attached hydrogens (tertiary/aromatic N) is 2. The second-order valence-electron chi connectivity index (χ2n) is 3.38. The van der Waals surface area contributed by atoms with Gasteiger partial charge in [-0.25, -0.2) is 8.78 Å². The molecule has 1 aromatic rings. The largest absolute Gasteiger partial charge is 0.471 e. The van der Waals surface area contributed by atoms with Gasteiger partial charge in [0.05, 0.1) is 13.6 Å². The standard InChI is InChI=1S/C8H11F4N2O3S/c1-3-14-5-4-13(2)7(14)17-18(15,16)8(11,12)6(9)10/h4-6H,3H2,1-2H3/q+1. The lowest BCUT2D eigenvalue weighted by Gasteiger charge is -2.14. The summed E-state index contributed by atoms with van der Waals surface area (Å²) >= 11 is 0. The van der Waals surface area contributed by atoms with E-state index in [4.69, 9.17) is 0 Å². The van der Waals surface area contributed by atoms with Gasteiger partial charge in [-0.2, -0.15) is 26.3 Å². The molecule has 0 radical (unpaired) electrons. The van der Waals surface area contributed by atoms with Crippen molar-refractivity contribution in [1.29, 1.82) is 0 Å². The molecule has 18 heavy (non-hydrogen) atoms. The lowest BCUT2D eigenvalue weighted by Crippen LogP contribution is -2.42. The summed E-state index contributed by atoms with van der Waals surface area (Å²) in [7, 11) is -4.43. The summed E-state index contributed by atoms with van der Waals surface area (Å²) in [6.45, 7) is 1.83. The van der Waals surface area contributed by atoms with E-state index in [1.807, 2.05) is 0 Å². The highest BCUT2D eigenvalue weighted by Crippen LogP contribution is 2.30. The van der Waals surface area contributed by atoms with Crippen LogP contribution in [0, 0.1) is 0 Å². The molecule has 5 nitrogen and oxygen atoms in total. The molecule has 0 unspecified atom stereocenters. The molecule has 0 aliphatic rings. The first-order valence-corrected chi connectivity index (χ1v) is 6.19. The molecule has 0 fully saturated rings. The zero-order valence-corrected chi connectivity index (χ0v) is 10.3. The highest BCUT2D eigenvalue weighted by atomic mass is 32.2. The Hall–Kier alpha value is -1.32. The molecule has 0 aliphatic carbocycles. The van der Waals surface area contributed by atoms with Crippen LogP contribution in [0.3, 0.4) is 0 Å². The molecule has 1 aromatic heterocycles. The van der Waals surface area contributed by atoms with Gasteiger partial charge < -0.3 is 4.18 Å². The number of aryl methyl sites for hydroxylation is 2. The molecule has 0 spiro atoms. The Balaban J connectivity index is 3.14. The van der Waals surface area contributed by atoms with Crippen LogP contribution < -0.4 is 8.75 Å². The van der Waals surface area contributed by atoms with E-state index in [2.05, 4.69) is 4.18 Å². The van der Waals surface area contributed by atoms with Gasteiger partial charge >= 0.3 is 27.8 Å². The zero-order chi connectivity index (χ0) is 14.1. The average Bonchev–Trinajstić information content (AvgIpc) is 2.59. The van der Waals surface area contributed by atoms with Crippen LogP contribution in [0.15, 0.2) is 12.4 Å².